The molecular weight excluding hydrogens is 368 g/mol. The maximum absolute atomic E-state index is 5.95. The number of morpholine rings is 1. The van der Waals surface area contributed by atoms with Crippen molar-refractivity contribution in [1.82, 2.24) is 15.1 Å². The van der Waals surface area contributed by atoms with E-state index in [2.05, 4.69) is 32.2 Å². The molecular formula is C22H36N4O3. The highest BCUT2D eigenvalue weighted by Crippen LogP contribution is 2.28. The molecule has 0 radical (unpaired) electrons. The van der Waals surface area contributed by atoms with E-state index in [4.69, 9.17) is 14.2 Å². The molecule has 0 unspecified atom stereocenters. The lowest BCUT2D eigenvalue weighted by Crippen LogP contribution is -2.40. The third-order valence-electron chi connectivity index (χ3n) is 5.32. The van der Waals surface area contributed by atoms with Gasteiger partial charge in [0.25, 0.3) is 0 Å². The molecule has 0 amide bonds. The first-order valence-corrected chi connectivity index (χ1v) is 10.8. The van der Waals surface area contributed by atoms with Crippen molar-refractivity contribution >= 4 is 5.96 Å². The molecule has 0 aromatic heterocycles. The summed E-state index contributed by atoms with van der Waals surface area (Å²) in [5, 5.41) is 3.43. The van der Waals surface area contributed by atoms with E-state index in [0.717, 1.165) is 70.2 Å². The van der Waals surface area contributed by atoms with Gasteiger partial charge in [0.1, 0.15) is 12.4 Å². The molecule has 1 aromatic rings. The molecule has 2 aliphatic rings. The highest BCUT2D eigenvalue weighted by atomic mass is 16.5. The van der Waals surface area contributed by atoms with Gasteiger partial charge >= 0.3 is 0 Å². The standard InChI is InChI=1S/C22H36N4O3/c1-23-22(25(2)8-12-28-18-19-6-7-19)24-17-20-4-3-5-21(16-20)29-15-11-26-9-13-27-14-10-26/h3-5,16,19H,6-15,17-18H2,1-2H3,(H,23,24). The largest absolute Gasteiger partial charge is 0.492 e. The zero-order chi connectivity index (χ0) is 20.3. The zero-order valence-corrected chi connectivity index (χ0v) is 17.9. The highest BCUT2D eigenvalue weighted by Gasteiger charge is 2.21. The number of nitrogens with one attached hydrogen (secondary N) is 1. The Morgan fingerprint density at radius 3 is 2.86 bits per heavy atom. The monoisotopic (exact) mass is 404 g/mol. The molecule has 2 fully saturated rings. The molecule has 1 aliphatic carbocycles. The van der Waals surface area contributed by atoms with Gasteiger partial charge in [-0.2, -0.15) is 0 Å². The second-order valence-corrected chi connectivity index (χ2v) is 7.79. The van der Waals surface area contributed by atoms with Crippen LogP contribution in [0.2, 0.25) is 0 Å². The number of nitrogens with zero attached hydrogens (tertiary/aromatic N) is 3. The molecule has 162 valence electrons. The normalized spacial score (nSPS) is 17.9. The van der Waals surface area contributed by atoms with Crippen molar-refractivity contribution in [2.75, 3.05) is 73.3 Å². The van der Waals surface area contributed by atoms with Gasteiger partial charge in [-0.25, -0.2) is 0 Å². The summed E-state index contributed by atoms with van der Waals surface area (Å²) in [4.78, 5) is 8.87. The number of hydrogen-bond donors (Lipinski definition) is 1. The summed E-state index contributed by atoms with van der Waals surface area (Å²) in [7, 11) is 3.86. The summed E-state index contributed by atoms with van der Waals surface area (Å²) in [6.45, 7) is 8.44. The van der Waals surface area contributed by atoms with Crippen molar-refractivity contribution in [3.8, 4) is 5.75 Å². The molecule has 0 bridgehead atoms. The lowest BCUT2D eigenvalue weighted by atomic mass is 10.2. The number of rotatable bonds is 11. The molecule has 1 saturated carbocycles. The molecule has 3 rings (SSSR count). The summed E-state index contributed by atoms with van der Waals surface area (Å²) in [5.41, 5.74) is 1.17. The lowest BCUT2D eigenvalue weighted by Gasteiger charge is -2.26. The van der Waals surface area contributed by atoms with Crippen LogP contribution in [0.1, 0.15) is 18.4 Å². The average molecular weight is 405 g/mol. The first-order valence-electron chi connectivity index (χ1n) is 10.8. The number of ether oxygens (including phenoxy) is 3. The molecule has 1 heterocycles. The molecule has 1 saturated heterocycles. The van der Waals surface area contributed by atoms with Crippen LogP contribution in [0.3, 0.4) is 0 Å². The Morgan fingerprint density at radius 1 is 1.28 bits per heavy atom. The Bertz CT molecular complexity index is 630. The number of hydrogen-bond acceptors (Lipinski definition) is 5. The van der Waals surface area contributed by atoms with Crippen molar-refractivity contribution in [3.63, 3.8) is 0 Å². The van der Waals surface area contributed by atoms with E-state index in [0.29, 0.717) is 13.2 Å². The first-order chi connectivity index (χ1) is 14.2. The van der Waals surface area contributed by atoms with E-state index < -0.39 is 0 Å². The Labute approximate surface area is 175 Å². The molecule has 1 aliphatic heterocycles. The lowest BCUT2D eigenvalue weighted by molar-refractivity contribution is 0.0322. The molecule has 29 heavy (non-hydrogen) atoms. The smallest absolute Gasteiger partial charge is 0.193 e. The van der Waals surface area contributed by atoms with Gasteiger partial charge in [0.2, 0.25) is 0 Å². The van der Waals surface area contributed by atoms with E-state index in [9.17, 15) is 0 Å². The summed E-state index contributed by atoms with van der Waals surface area (Å²) in [6, 6.07) is 8.26. The highest BCUT2D eigenvalue weighted by molar-refractivity contribution is 5.79. The molecule has 1 N–H and O–H groups in total. The van der Waals surface area contributed by atoms with Gasteiger partial charge in [-0.3, -0.25) is 9.89 Å². The van der Waals surface area contributed by atoms with Crippen LogP contribution in [-0.4, -0.2) is 89.1 Å². The van der Waals surface area contributed by atoms with E-state index in [1.54, 1.807) is 0 Å². The van der Waals surface area contributed by atoms with Gasteiger partial charge in [0, 0.05) is 53.4 Å². The fraction of sp³-hybridized carbons (Fsp3) is 0.682. The van der Waals surface area contributed by atoms with E-state index in [1.807, 2.05) is 26.2 Å². The minimum atomic E-state index is 0.697. The Balaban J connectivity index is 1.36. The minimum Gasteiger partial charge on any atom is -0.492 e. The number of likely N-dealkylation sites (N-methyl/N-ethyl adjacent to an activating group) is 1. The predicted molar refractivity (Wildman–Crippen MR) is 116 cm³/mol. The van der Waals surface area contributed by atoms with Gasteiger partial charge in [0.15, 0.2) is 5.96 Å². The molecule has 1 aromatic carbocycles. The van der Waals surface area contributed by atoms with E-state index in [-0.39, 0.29) is 0 Å². The van der Waals surface area contributed by atoms with E-state index in [1.165, 1.54) is 18.4 Å². The minimum absolute atomic E-state index is 0.697. The summed E-state index contributed by atoms with van der Waals surface area (Å²) < 4.78 is 17.1. The van der Waals surface area contributed by atoms with Crippen LogP contribution in [0.4, 0.5) is 0 Å². The van der Waals surface area contributed by atoms with Crippen molar-refractivity contribution in [2.24, 2.45) is 10.9 Å². The van der Waals surface area contributed by atoms with Gasteiger partial charge in [-0.15, -0.1) is 0 Å². The maximum atomic E-state index is 5.95. The maximum Gasteiger partial charge on any atom is 0.193 e. The second-order valence-electron chi connectivity index (χ2n) is 7.79. The molecule has 7 nitrogen and oxygen atoms in total. The SMILES string of the molecule is CN=C(NCc1cccc(OCCN2CCOCC2)c1)N(C)CCOCC1CC1. The van der Waals surface area contributed by atoms with Crippen molar-refractivity contribution in [1.29, 1.82) is 0 Å². The van der Waals surface area contributed by atoms with Crippen LogP contribution in [0.5, 0.6) is 5.75 Å². The Hall–Kier alpha value is -1.83. The van der Waals surface area contributed by atoms with Crippen LogP contribution < -0.4 is 10.1 Å². The fourth-order valence-electron chi connectivity index (χ4n) is 3.27. The van der Waals surface area contributed by atoms with Gasteiger partial charge in [-0.05, 0) is 36.5 Å². The average Bonchev–Trinajstić information content (AvgIpc) is 3.57. The second kappa shape index (κ2) is 12.0. The van der Waals surface area contributed by atoms with Gasteiger partial charge in [-0.1, -0.05) is 12.1 Å². The molecule has 7 heteroatoms. The summed E-state index contributed by atoms with van der Waals surface area (Å²) in [5.74, 6) is 2.59. The third kappa shape index (κ3) is 8.20. The summed E-state index contributed by atoms with van der Waals surface area (Å²) >= 11 is 0. The third-order valence-corrected chi connectivity index (χ3v) is 5.32. The summed E-state index contributed by atoms with van der Waals surface area (Å²) in [6.07, 6.45) is 2.66. The van der Waals surface area contributed by atoms with Crippen molar-refractivity contribution in [2.45, 2.75) is 19.4 Å². The topological polar surface area (TPSA) is 58.6 Å². The van der Waals surface area contributed by atoms with Gasteiger partial charge < -0.3 is 24.4 Å². The van der Waals surface area contributed by atoms with Crippen LogP contribution in [0, 0.1) is 5.92 Å². The quantitative estimate of drug-likeness (QED) is 0.345. The van der Waals surface area contributed by atoms with Crippen LogP contribution in [0.15, 0.2) is 29.3 Å². The number of guanidine groups is 1. The first kappa shape index (κ1) is 21.9. The molecule has 0 atom stereocenters. The van der Waals surface area contributed by atoms with Crippen LogP contribution >= 0.6 is 0 Å². The zero-order valence-electron chi connectivity index (χ0n) is 17.9. The fourth-order valence-corrected chi connectivity index (χ4v) is 3.27. The Kier molecular flexibility index (Phi) is 9.05. The number of aliphatic imine (C=N–C) groups is 1. The van der Waals surface area contributed by atoms with E-state index >= 15 is 0 Å². The predicted octanol–water partition coefficient (Wildman–Crippen LogP) is 1.83. The van der Waals surface area contributed by atoms with Crippen molar-refractivity contribution < 1.29 is 14.2 Å². The number of benzene rings is 1. The Morgan fingerprint density at radius 2 is 2.10 bits per heavy atom. The van der Waals surface area contributed by atoms with Crippen molar-refractivity contribution in [3.05, 3.63) is 29.8 Å². The van der Waals surface area contributed by atoms with Gasteiger partial charge in [0.05, 0.1) is 19.8 Å². The van der Waals surface area contributed by atoms with Crippen LogP contribution in [0.25, 0.3) is 0 Å². The molecule has 0 spiro atoms. The van der Waals surface area contributed by atoms with Crippen LogP contribution in [-0.2, 0) is 16.0 Å².